The minimum Gasteiger partial charge on any atom is -0.457 e. The van der Waals surface area contributed by atoms with Gasteiger partial charge in [0, 0.05) is 25.0 Å². The summed E-state index contributed by atoms with van der Waals surface area (Å²) in [5.41, 5.74) is -2.97. The van der Waals surface area contributed by atoms with Crippen LogP contribution in [0.15, 0.2) is 48.7 Å². The monoisotopic (exact) mass is 497 g/mol. The highest BCUT2D eigenvalue weighted by atomic mass is 19.4. The van der Waals surface area contributed by atoms with E-state index in [1.54, 1.807) is 0 Å². The van der Waals surface area contributed by atoms with E-state index in [2.05, 4.69) is 30.7 Å². The zero-order chi connectivity index (χ0) is 25.4. The topological polar surface area (TPSA) is 106 Å². The van der Waals surface area contributed by atoms with E-state index in [1.165, 1.54) is 49.6 Å². The Morgan fingerprint density at radius 2 is 1.66 bits per heavy atom. The second-order valence-corrected chi connectivity index (χ2v) is 6.88. The average Bonchev–Trinajstić information content (AvgIpc) is 3.20. The maximum absolute atomic E-state index is 13.3. The predicted molar refractivity (Wildman–Crippen MR) is 108 cm³/mol. The Hall–Kier alpha value is -4.43. The van der Waals surface area contributed by atoms with Gasteiger partial charge in [0.25, 0.3) is 11.7 Å². The number of nitrogens with zero attached hydrogens (tertiary/aromatic N) is 5. The lowest BCUT2D eigenvalue weighted by Crippen LogP contribution is -2.18. The van der Waals surface area contributed by atoms with Crippen molar-refractivity contribution in [2.24, 2.45) is 0 Å². The number of rotatable bonds is 5. The summed E-state index contributed by atoms with van der Waals surface area (Å²) in [5.74, 6) is -1.00. The molecule has 0 bridgehead atoms. The van der Waals surface area contributed by atoms with Crippen LogP contribution in [0.2, 0.25) is 0 Å². The molecule has 0 radical (unpaired) electrons. The van der Waals surface area contributed by atoms with Crippen LogP contribution in [0.1, 0.15) is 21.9 Å². The van der Waals surface area contributed by atoms with E-state index in [-0.39, 0.29) is 16.3 Å². The number of amides is 1. The third kappa shape index (κ3) is 5.23. The number of carbonyl (C=O) groups is 1. The summed E-state index contributed by atoms with van der Waals surface area (Å²) in [6.07, 6.45) is -8.85. The molecular formula is C20H13F6N7O2. The molecule has 0 saturated heterocycles. The maximum atomic E-state index is 13.3. The van der Waals surface area contributed by atoms with Gasteiger partial charge in [0.05, 0.1) is 0 Å². The first-order valence-corrected chi connectivity index (χ1v) is 9.59. The lowest BCUT2D eigenvalue weighted by atomic mass is 10.3. The summed E-state index contributed by atoms with van der Waals surface area (Å²) >= 11 is 0. The third-order valence-corrected chi connectivity index (χ3v) is 4.43. The molecule has 15 heteroatoms. The molecule has 2 N–H and O–H groups in total. The van der Waals surface area contributed by atoms with E-state index in [0.717, 1.165) is 0 Å². The number of hydrogen-bond acceptors (Lipinski definition) is 7. The van der Waals surface area contributed by atoms with Gasteiger partial charge in [-0.3, -0.25) is 9.78 Å². The third-order valence-electron chi connectivity index (χ3n) is 4.43. The summed E-state index contributed by atoms with van der Waals surface area (Å²) < 4.78 is 84.6. The Kier molecular flexibility index (Phi) is 5.92. The van der Waals surface area contributed by atoms with E-state index in [4.69, 9.17) is 4.74 Å². The molecule has 0 aliphatic carbocycles. The van der Waals surface area contributed by atoms with Crippen molar-refractivity contribution >= 4 is 23.3 Å². The fourth-order valence-electron chi connectivity index (χ4n) is 2.87. The van der Waals surface area contributed by atoms with Gasteiger partial charge < -0.3 is 15.4 Å². The van der Waals surface area contributed by atoms with E-state index in [0.29, 0.717) is 17.2 Å². The van der Waals surface area contributed by atoms with Gasteiger partial charge >= 0.3 is 12.4 Å². The van der Waals surface area contributed by atoms with E-state index in [9.17, 15) is 31.1 Å². The van der Waals surface area contributed by atoms with Crippen LogP contribution in [0.4, 0.5) is 38.0 Å². The Balaban J connectivity index is 1.56. The number of fused-ring (bicyclic) bond motifs is 1. The van der Waals surface area contributed by atoms with Gasteiger partial charge in [-0.1, -0.05) is 0 Å². The van der Waals surface area contributed by atoms with Gasteiger partial charge in [0.2, 0.25) is 5.95 Å². The number of aromatic nitrogens is 5. The fourth-order valence-corrected chi connectivity index (χ4v) is 2.87. The minimum absolute atomic E-state index is 0.133. The Bertz CT molecular complexity index is 1380. The zero-order valence-electron chi connectivity index (χ0n) is 17.4. The smallest absolute Gasteiger partial charge is 0.433 e. The molecule has 9 nitrogen and oxygen atoms in total. The highest BCUT2D eigenvalue weighted by Crippen LogP contribution is 2.35. The molecule has 0 unspecified atom stereocenters. The first kappa shape index (κ1) is 23.7. The number of benzene rings is 1. The number of hydrogen-bond donors (Lipinski definition) is 2. The molecule has 0 atom stereocenters. The van der Waals surface area contributed by atoms with Crippen LogP contribution in [0.25, 0.3) is 5.78 Å². The van der Waals surface area contributed by atoms with Crippen LogP contribution in [-0.2, 0) is 12.4 Å². The number of carbonyl (C=O) groups excluding carboxylic acids is 1. The Labute approximate surface area is 191 Å². The van der Waals surface area contributed by atoms with E-state index >= 15 is 0 Å². The Morgan fingerprint density at radius 1 is 0.943 bits per heavy atom. The van der Waals surface area contributed by atoms with Crippen molar-refractivity contribution < 1.29 is 35.9 Å². The van der Waals surface area contributed by atoms with Gasteiger partial charge in [-0.15, -0.1) is 5.10 Å². The summed E-state index contributed by atoms with van der Waals surface area (Å²) in [7, 11) is 1.45. The van der Waals surface area contributed by atoms with Crippen LogP contribution >= 0.6 is 0 Å². The van der Waals surface area contributed by atoms with Gasteiger partial charge in [-0.05, 0) is 36.4 Å². The van der Waals surface area contributed by atoms with Crippen molar-refractivity contribution in [2.45, 2.75) is 12.4 Å². The minimum atomic E-state index is -5.13. The number of halogens is 6. The van der Waals surface area contributed by atoms with Gasteiger partial charge in [-0.2, -0.15) is 35.8 Å². The zero-order valence-corrected chi connectivity index (χ0v) is 17.4. The molecule has 0 saturated carbocycles. The maximum Gasteiger partial charge on any atom is 0.433 e. The van der Waals surface area contributed by atoms with Crippen LogP contribution in [0.5, 0.6) is 11.5 Å². The van der Waals surface area contributed by atoms with Gasteiger partial charge in [-0.25, -0.2) is 4.98 Å². The molecule has 0 aliphatic rings. The molecule has 3 heterocycles. The van der Waals surface area contributed by atoms with E-state index < -0.39 is 41.4 Å². The number of nitrogens with one attached hydrogen (secondary N) is 2. The molecule has 4 aromatic rings. The molecule has 1 amide bonds. The highest BCUT2D eigenvalue weighted by molar-refractivity contribution is 5.92. The second-order valence-electron chi connectivity index (χ2n) is 6.88. The van der Waals surface area contributed by atoms with Gasteiger partial charge in [0.1, 0.15) is 17.2 Å². The molecular weight excluding hydrogens is 484 g/mol. The fraction of sp³-hybridized carbons (Fsp3) is 0.150. The predicted octanol–water partition coefficient (Wildman–Crippen LogP) is 4.45. The molecule has 1 aromatic carbocycles. The van der Waals surface area contributed by atoms with E-state index in [1.807, 2.05) is 0 Å². The molecule has 4 rings (SSSR count). The molecule has 0 spiro atoms. The van der Waals surface area contributed by atoms with Crippen molar-refractivity contribution in [3.8, 4) is 11.5 Å². The van der Waals surface area contributed by atoms with Crippen molar-refractivity contribution in [3.05, 3.63) is 65.7 Å². The first-order chi connectivity index (χ1) is 16.4. The second kappa shape index (κ2) is 8.73. The normalized spacial score (nSPS) is 12.0. The van der Waals surface area contributed by atoms with Crippen molar-refractivity contribution in [3.63, 3.8) is 0 Å². The summed E-state index contributed by atoms with van der Waals surface area (Å²) in [6, 6.07) is 8.76. The number of anilines is 2. The number of ether oxygens (including phenoxy) is 1. The van der Waals surface area contributed by atoms with Crippen molar-refractivity contribution in [1.82, 2.24) is 29.9 Å². The van der Waals surface area contributed by atoms with Crippen LogP contribution < -0.4 is 15.4 Å². The molecule has 35 heavy (non-hydrogen) atoms. The molecule has 3 aromatic heterocycles. The quantitative estimate of drug-likeness (QED) is 0.393. The summed E-state index contributed by atoms with van der Waals surface area (Å²) in [5, 5.41) is 8.63. The SMILES string of the molecule is CNC(=O)c1cc(Oc2ccc(Nc3nc4nc(C(F)(F)F)cc(C(F)(F)F)n4n3)cc2)ccn1. The summed E-state index contributed by atoms with van der Waals surface area (Å²) in [6.45, 7) is 0. The largest absolute Gasteiger partial charge is 0.457 e. The Morgan fingerprint density at radius 3 is 2.29 bits per heavy atom. The molecule has 0 aliphatic heterocycles. The lowest BCUT2D eigenvalue weighted by molar-refractivity contribution is -0.148. The van der Waals surface area contributed by atoms with Crippen LogP contribution in [0.3, 0.4) is 0 Å². The lowest BCUT2D eigenvalue weighted by Gasteiger charge is -2.11. The molecule has 182 valence electrons. The number of alkyl halides is 6. The molecule has 0 fully saturated rings. The van der Waals surface area contributed by atoms with Crippen LogP contribution in [-0.4, -0.2) is 37.5 Å². The highest BCUT2D eigenvalue weighted by Gasteiger charge is 2.40. The van der Waals surface area contributed by atoms with Crippen molar-refractivity contribution in [1.29, 1.82) is 0 Å². The van der Waals surface area contributed by atoms with Gasteiger partial charge in [0.15, 0.2) is 11.4 Å². The average molecular weight is 497 g/mol. The summed E-state index contributed by atoms with van der Waals surface area (Å²) in [4.78, 5) is 22.4. The number of pyridine rings is 1. The first-order valence-electron chi connectivity index (χ1n) is 9.59. The van der Waals surface area contributed by atoms with Crippen molar-refractivity contribution in [2.75, 3.05) is 12.4 Å². The van der Waals surface area contributed by atoms with Crippen LogP contribution in [0, 0.1) is 0 Å². The standard InChI is InChI=1S/C20H13F6N7O2/c1-27-16(34)13-8-12(6-7-28-13)35-11-4-2-10(3-5-11)29-17-31-18-30-14(19(21,22)23)9-15(20(24,25)26)33(18)32-17/h2-9H,1H3,(H,27,34)(H,29,32).